The summed E-state index contributed by atoms with van der Waals surface area (Å²) in [7, 11) is 0. The summed E-state index contributed by atoms with van der Waals surface area (Å²) in [5, 5.41) is 5.94. The van der Waals surface area contributed by atoms with Crippen molar-refractivity contribution in [2.75, 3.05) is 48.7 Å². The molecule has 0 aliphatic carbocycles. The number of urea groups is 1. The molecule has 2 amide bonds. The van der Waals surface area contributed by atoms with Gasteiger partial charge < -0.3 is 31.2 Å². The monoisotopic (exact) mass is 521 g/mol. The van der Waals surface area contributed by atoms with E-state index in [1.54, 1.807) is 6.33 Å². The molecule has 10 heteroatoms. The van der Waals surface area contributed by atoms with Crippen LogP contribution in [0, 0.1) is 5.92 Å². The summed E-state index contributed by atoms with van der Waals surface area (Å²) in [6.07, 6.45) is 4.82. The Bertz CT molecular complexity index is 1200. The van der Waals surface area contributed by atoms with Crippen LogP contribution in [0.5, 0.6) is 0 Å². The highest BCUT2D eigenvalue weighted by molar-refractivity contribution is 5.89. The predicted octanol–water partition coefficient (Wildman–Crippen LogP) is 4.37. The quantitative estimate of drug-likeness (QED) is 0.308. The molecule has 3 heterocycles. The van der Waals surface area contributed by atoms with E-state index in [9.17, 15) is 4.79 Å². The Kier molecular flexibility index (Phi) is 8.71. The van der Waals surface area contributed by atoms with E-state index < -0.39 is 0 Å². The molecule has 38 heavy (non-hydrogen) atoms. The van der Waals surface area contributed by atoms with E-state index in [0.29, 0.717) is 24.2 Å². The molecular weight excluding hydrogens is 478 g/mol. The molecule has 206 valence electrons. The minimum Gasteiger partial charge on any atom is -0.368 e. The molecule has 0 spiro atoms. The van der Waals surface area contributed by atoms with E-state index in [-0.39, 0.29) is 17.4 Å². The van der Waals surface area contributed by atoms with Gasteiger partial charge in [-0.1, -0.05) is 32.9 Å². The lowest BCUT2D eigenvalue weighted by Gasteiger charge is -2.37. The van der Waals surface area contributed by atoms with Crippen LogP contribution in [-0.2, 0) is 5.41 Å². The summed E-state index contributed by atoms with van der Waals surface area (Å²) in [4.78, 5) is 33.4. The largest absolute Gasteiger partial charge is 0.368 e. The first-order chi connectivity index (χ1) is 18.1. The lowest BCUT2D eigenvalue weighted by Crippen LogP contribution is -2.44. The number of H-pyrrole nitrogens is 1. The summed E-state index contributed by atoms with van der Waals surface area (Å²) in [6, 6.07) is 8.32. The Morgan fingerprint density at radius 3 is 2.71 bits per heavy atom. The molecule has 1 aliphatic rings. The van der Waals surface area contributed by atoms with Crippen LogP contribution in [0.2, 0.25) is 0 Å². The lowest BCUT2D eigenvalue weighted by molar-refractivity contribution is 0.174. The summed E-state index contributed by atoms with van der Waals surface area (Å²) in [5.41, 5.74) is 9.55. The van der Waals surface area contributed by atoms with Gasteiger partial charge in [-0.2, -0.15) is 9.97 Å². The van der Waals surface area contributed by atoms with Crippen LogP contribution in [0.3, 0.4) is 0 Å². The number of anilines is 3. The average Bonchev–Trinajstić information content (AvgIpc) is 3.33. The van der Waals surface area contributed by atoms with Crippen LogP contribution in [0.25, 0.3) is 11.2 Å². The Hall–Kier alpha value is -3.40. The summed E-state index contributed by atoms with van der Waals surface area (Å²) in [6.45, 7) is 15.4. The fourth-order valence-corrected chi connectivity index (χ4v) is 5.07. The first kappa shape index (κ1) is 27.6. The van der Waals surface area contributed by atoms with Gasteiger partial charge in [0, 0.05) is 44.5 Å². The first-order valence-corrected chi connectivity index (χ1v) is 13.7. The van der Waals surface area contributed by atoms with Crippen molar-refractivity contribution in [1.29, 1.82) is 0 Å². The van der Waals surface area contributed by atoms with Crippen LogP contribution in [0.15, 0.2) is 30.6 Å². The van der Waals surface area contributed by atoms with Crippen molar-refractivity contribution in [3.63, 3.8) is 0 Å². The number of nitrogen functional groups attached to an aromatic ring is 1. The number of amides is 2. The molecule has 0 saturated carbocycles. The highest BCUT2D eigenvalue weighted by Crippen LogP contribution is 2.28. The van der Waals surface area contributed by atoms with E-state index >= 15 is 0 Å². The molecule has 3 aromatic rings. The number of aromatic nitrogens is 4. The van der Waals surface area contributed by atoms with Crippen molar-refractivity contribution in [1.82, 2.24) is 30.2 Å². The molecule has 2 aromatic heterocycles. The van der Waals surface area contributed by atoms with Crippen LogP contribution >= 0.6 is 0 Å². The topological polar surface area (TPSA) is 128 Å². The van der Waals surface area contributed by atoms with Gasteiger partial charge >= 0.3 is 6.03 Å². The second kappa shape index (κ2) is 12.0. The third kappa shape index (κ3) is 7.12. The highest BCUT2D eigenvalue weighted by atomic mass is 16.2. The van der Waals surface area contributed by atoms with Crippen molar-refractivity contribution in [3.8, 4) is 0 Å². The normalized spacial score (nSPS) is 16.4. The van der Waals surface area contributed by atoms with Gasteiger partial charge in [-0.15, -0.1) is 0 Å². The van der Waals surface area contributed by atoms with Crippen molar-refractivity contribution in [2.24, 2.45) is 5.92 Å². The predicted molar refractivity (Wildman–Crippen MR) is 155 cm³/mol. The number of imidazole rings is 1. The summed E-state index contributed by atoms with van der Waals surface area (Å²) < 4.78 is 0. The molecule has 1 unspecified atom stereocenters. The standard InChI is InChI=1S/C28H43N9O/c1-19(2)36(15-7-13-30-27(38)33-22-11-9-21(10-12-22)28(3,4)5)16-20-8-6-14-37(17-20)25-23-24(32-18-31-23)34-26(29)35-25/h9-12,18-20H,6-8,13-17H2,1-5H3,(H2,30,33,38)(H3,29,31,32,34,35). The van der Waals surface area contributed by atoms with Gasteiger partial charge in [0.05, 0.1) is 6.33 Å². The van der Waals surface area contributed by atoms with Gasteiger partial charge in [0.1, 0.15) is 5.52 Å². The van der Waals surface area contributed by atoms with E-state index in [4.69, 9.17) is 5.73 Å². The number of fused-ring (bicyclic) bond motifs is 1. The maximum Gasteiger partial charge on any atom is 0.319 e. The van der Waals surface area contributed by atoms with Gasteiger partial charge in [0.2, 0.25) is 5.95 Å². The molecule has 1 aliphatic heterocycles. The molecule has 0 bridgehead atoms. The van der Waals surface area contributed by atoms with E-state index in [1.807, 2.05) is 12.1 Å². The Morgan fingerprint density at radius 1 is 1.24 bits per heavy atom. The molecule has 0 radical (unpaired) electrons. The van der Waals surface area contributed by atoms with Crippen LogP contribution in [0.1, 0.15) is 59.4 Å². The minimum absolute atomic E-state index is 0.0923. The number of nitrogens with zero attached hydrogens (tertiary/aromatic N) is 5. The second-order valence-corrected chi connectivity index (χ2v) is 11.6. The third-order valence-electron chi connectivity index (χ3n) is 7.24. The molecule has 1 fully saturated rings. The van der Waals surface area contributed by atoms with Gasteiger partial charge in [-0.05, 0) is 62.1 Å². The molecular formula is C28H43N9O. The van der Waals surface area contributed by atoms with Gasteiger partial charge in [0.25, 0.3) is 0 Å². The highest BCUT2D eigenvalue weighted by Gasteiger charge is 2.26. The number of hydrogen-bond acceptors (Lipinski definition) is 7. The van der Waals surface area contributed by atoms with Crippen molar-refractivity contribution < 1.29 is 4.79 Å². The number of aromatic amines is 1. The Morgan fingerprint density at radius 2 is 2.00 bits per heavy atom. The summed E-state index contributed by atoms with van der Waals surface area (Å²) in [5.74, 6) is 1.62. The molecule has 10 nitrogen and oxygen atoms in total. The van der Waals surface area contributed by atoms with Crippen LogP contribution in [-0.4, -0.2) is 69.6 Å². The number of carbonyl (C=O) groups is 1. The fraction of sp³-hybridized carbons (Fsp3) is 0.571. The zero-order valence-electron chi connectivity index (χ0n) is 23.4. The zero-order valence-corrected chi connectivity index (χ0v) is 23.4. The van der Waals surface area contributed by atoms with Crippen molar-refractivity contribution in [3.05, 3.63) is 36.2 Å². The SMILES string of the molecule is CC(C)N(CCCNC(=O)Nc1ccc(C(C)(C)C)cc1)CC1CCCN(c2nc(N)nc3nc[nH]c23)C1. The van der Waals surface area contributed by atoms with Gasteiger partial charge in [-0.3, -0.25) is 0 Å². The molecule has 1 saturated heterocycles. The van der Waals surface area contributed by atoms with Crippen LogP contribution in [0.4, 0.5) is 22.2 Å². The summed E-state index contributed by atoms with van der Waals surface area (Å²) >= 11 is 0. The fourth-order valence-electron chi connectivity index (χ4n) is 5.07. The number of carbonyl (C=O) groups excluding carboxylic acids is 1. The van der Waals surface area contributed by atoms with Crippen LogP contribution < -0.4 is 21.3 Å². The number of nitrogens with one attached hydrogen (secondary N) is 3. The number of benzene rings is 1. The zero-order chi connectivity index (χ0) is 27.3. The maximum absolute atomic E-state index is 12.4. The Balaban J connectivity index is 1.24. The van der Waals surface area contributed by atoms with Gasteiger partial charge in [0.15, 0.2) is 11.5 Å². The number of nitrogens with two attached hydrogens (primary N) is 1. The molecule has 1 aromatic carbocycles. The second-order valence-electron chi connectivity index (χ2n) is 11.6. The van der Waals surface area contributed by atoms with E-state index in [1.165, 1.54) is 12.0 Å². The number of rotatable bonds is 9. The Labute approximate surface area is 225 Å². The van der Waals surface area contributed by atoms with E-state index in [2.05, 4.69) is 87.1 Å². The molecule has 4 rings (SSSR count). The third-order valence-corrected chi connectivity index (χ3v) is 7.24. The number of hydrogen-bond donors (Lipinski definition) is 4. The first-order valence-electron chi connectivity index (χ1n) is 13.7. The lowest BCUT2D eigenvalue weighted by atomic mass is 9.87. The molecule has 5 N–H and O–H groups in total. The smallest absolute Gasteiger partial charge is 0.319 e. The van der Waals surface area contributed by atoms with Crippen molar-refractivity contribution in [2.45, 2.75) is 65.3 Å². The van der Waals surface area contributed by atoms with Gasteiger partial charge in [-0.25, -0.2) is 9.78 Å². The van der Waals surface area contributed by atoms with E-state index in [0.717, 1.165) is 56.0 Å². The van der Waals surface area contributed by atoms with Crippen molar-refractivity contribution >= 4 is 34.6 Å². The number of piperidine rings is 1. The maximum atomic E-state index is 12.4. The minimum atomic E-state index is -0.165. The molecule has 1 atom stereocenters. The average molecular weight is 522 g/mol.